The van der Waals surface area contributed by atoms with E-state index in [-0.39, 0.29) is 28.8 Å². The average Bonchev–Trinajstić information content (AvgIpc) is 2.93. The number of rotatable bonds is 11. The van der Waals surface area contributed by atoms with Crippen molar-refractivity contribution in [2.75, 3.05) is 6.61 Å². The molecule has 3 N–H and O–H groups in total. The number of aliphatic hydroxyl groups excluding tert-OH is 1. The van der Waals surface area contributed by atoms with Gasteiger partial charge in [0.1, 0.15) is 11.5 Å². The van der Waals surface area contributed by atoms with E-state index < -0.39 is 0 Å². The molecule has 0 fully saturated rings. The Morgan fingerprint density at radius 1 is 0.595 bits per heavy atom. The summed E-state index contributed by atoms with van der Waals surface area (Å²) in [5.41, 5.74) is 9.04. The van der Waals surface area contributed by atoms with E-state index >= 15 is 0 Å². The monoisotopic (exact) mass is 572 g/mol. The second-order valence-electron chi connectivity index (χ2n) is 14.7. The second kappa shape index (κ2) is 12.4. The van der Waals surface area contributed by atoms with Crippen LogP contribution in [-0.2, 0) is 16.2 Å². The smallest absolute Gasteiger partial charge is 0.121 e. The molecule has 0 saturated heterocycles. The molecule has 2 unspecified atom stereocenters. The summed E-state index contributed by atoms with van der Waals surface area (Å²) in [5.74, 6) is 1.41. The summed E-state index contributed by atoms with van der Waals surface area (Å²) in [7, 11) is 0. The molecule has 0 spiro atoms. The van der Waals surface area contributed by atoms with Gasteiger partial charge in [0, 0.05) is 17.4 Å². The van der Waals surface area contributed by atoms with Crippen LogP contribution in [0.4, 0.5) is 0 Å². The Bertz CT molecular complexity index is 1280. The fourth-order valence-corrected chi connectivity index (χ4v) is 6.61. The van der Waals surface area contributed by atoms with Crippen molar-refractivity contribution in [2.45, 2.75) is 119 Å². The summed E-state index contributed by atoms with van der Waals surface area (Å²) in [6, 6.07) is 15.7. The Morgan fingerprint density at radius 3 is 1.26 bits per heavy atom. The molecule has 3 aromatic rings. The van der Waals surface area contributed by atoms with E-state index in [0.717, 1.165) is 41.5 Å². The Morgan fingerprint density at radius 2 is 0.929 bits per heavy atom. The summed E-state index contributed by atoms with van der Waals surface area (Å²) >= 11 is 0. The Kier molecular flexibility index (Phi) is 9.99. The number of phenols is 2. The first kappa shape index (κ1) is 33.7. The zero-order chi connectivity index (χ0) is 31.8. The van der Waals surface area contributed by atoms with Crippen molar-refractivity contribution in [1.82, 2.24) is 0 Å². The van der Waals surface area contributed by atoms with Crippen molar-refractivity contribution in [3.63, 3.8) is 0 Å². The zero-order valence-electron chi connectivity index (χ0n) is 28.4. The molecule has 0 saturated carbocycles. The molecule has 0 aliphatic carbocycles. The third-order valence-corrected chi connectivity index (χ3v) is 10.2. The molecule has 0 radical (unpaired) electrons. The fraction of sp³-hybridized carbons (Fsp3) is 0.538. The maximum atomic E-state index is 10.5. The maximum Gasteiger partial charge on any atom is 0.121 e. The van der Waals surface area contributed by atoms with E-state index in [9.17, 15) is 15.3 Å². The largest absolute Gasteiger partial charge is 0.507 e. The van der Waals surface area contributed by atoms with Crippen LogP contribution in [0.5, 0.6) is 11.5 Å². The van der Waals surface area contributed by atoms with Crippen LogP contribution < -0.4 is 0 Å². The molecule has 2 atom stereocenters. The number of aliphatic hydroxyl groups is 1. The highest BCUT2D eigenvalue weighted by molar-refractivity contribution is 5.53. The van der Waals surface area contributed by atoms with Gasteiger partial charge >= 0.3 is 0 Å². The van der Waals surface area contributed by atoms with Crippen LogP contribution in [0.2, 0.25) is 0 Å². The first-order valence-corrected chi connectivity index (χ1v) is 15.8. The van der Waals surface area contributed by atoms with Gasteiger partial charge in [-0.3, -0.25) is 0 Å². The van der Waals surface area contributed by atoms with Crippen LogP contribution in [0.1, 0.15) is 125 Å². The molecule has 230 valence electrons. The number of aromatic hydroxyl groups is 2. The fourth-order valence-electron chi connectivity index (χ4n) is 6.61. The van der Waals surface area contributed by atoms with E-state index in [2.05, 4.69) is 97.9 Å². The Hall–Kier alpha value is -2.78. The third kappa shape index (κ3) is 6.57. The van der Waals surface area contributed by atoms with E-state index in [0.29, 0.717) is 17.4 Å². The van der Waals surface area contributed by atoms with Gasteiger partial charge in [-0.25, -0.2) is 0 Å². The highest BCUT2D eigenvalue weighted by atomic mass is 16.3. The van der Waals surface area contributed by atoms with Crippen LogP contribution in [0.25, 0.3) is 0 Å². The first-order valence-electron chi connectivity index (χ1n) is 15.8. The minimum atomic E-state index is -0.306. The highest BCUT2D eigenvalue weighted by Gasteiger charge is 2.36. The SMILES string of the molecule is CCCC(CC(C)CO)C(C)(C)c1cc(C(C)(C)c2cc(C)c(O)c(C)c2)cc(C(C)(C)c2cc(C)c(O)c(C)c2)c1. The van der Waals surface area contributed by atoms with Crippen molar-refractivity contribution < 1.29 is 15.3 Å². The Labute approximate surface area is 256 Å². The third-order valence-electron chi connectivity index (χ3n) is 10.2. The molecular weight excluding hydrogens is 516 g/mol. The summed E-state index contributed by atoms with van der Waals surface area (Å²) in [5, 5.41) is 31.0. The van der Waals surface area contributed by atoms with E-state index in [1.165, 1.54) is 27.8 Å². The quantitative estimate of drug-likeness (QED) is 0.214. The van der Waals surface area contributed by atoms with Gasteiger partial charge < -0.3 is 15.3 Å². The Balaban J connectivity index is 2.33. The molecular formula is C39H56O3. The number of hydrogen-bond donors (Lipinski definition) is 3. The lowest BCUT2D eigenvalue weighted by Crippen LogP contribution is -2.32. The van der Waals surface area contributed by atoms with Crippen molar-refractivity contribution in [2.24, 2.45) is 11.8 Å². The van der Waals surface area contributed by atoms with Gasteiger partial charge in [-0.05, 0) is 108 Å². The maximum absolute atomic E-state index is 10.5. The van der Waals surface area contributed by atoms with Crippen molar-refractivity contribution in [1.29, 1.82) is 0 Å². The van der Waals surface area contributed by atoms with Crippen LogP contribution in [0.15, 0.2) is 42.5 Å². The lowest BCUT2D eigenvalue weighted by molar-refractivity contribution is 0.177. The standard InChI is InChI=1S/C39H56O3/c1-13-14-29(15-24(2)23-40)37(7,8)32-20-33(38(9,10)30-16-25(3)35(41)26(4)17-30)22-34(21-32)39(11,12)31-18-27(5)36(42)28(6)19-31/h16-22,24,29,40-42H,13-15,23H2,1-12H3. The number of aryl methyl sites for hydroxylation is 4. The van der Waals surface area contributed by atoms with Gasteiger partial charge in [-0.15, -0.1) is 0 Å². The minimum Gasteiger partial charge on any atom is -0.507 e. The molecule has 42 heavy (non-hydrogen) atoms. The summed E-state index contributed by atoms with van der Waals surface area (Å²) in [6.45, 7) is 26.4. The molecule has 3 rings (SSSR count). The molecule has 0 amide bonds. The van der Waals surface area contributed by atoms with E-state index in [4.69, 9.17) is 0 Å². The molecule has 0 heterocycles. The molecule has 0 aliphatic heterocycles. The van der Waals surface area contributed by atoms with E-state index in [1.54, 1.807) is 0 Å². The highest BCUT2D eigenvalue weighted by Crippen LogP contribution is 2.45. The zero-order valence-corrected chi connectivity index (χ0v) is 28.4. The molecule has 0 aliphatic rings. The predicted molar refractivity (Wildman–Crippen MR) is 178 cm³/mol. The normalized spacial score (nSPS) is 14.2. The predicted octanol–water partition coefficient (Wildman–Crippen LogP) is 9.70. The lowest BCUT2D eigenvalue weighted by atomic mass is 9.65. The lowest BCUT2D eigenvalue weighted by Gasteiger charge is -2.39. The minimum absolute atomic E-state index is 0.113. The molecule has 3 heteroatoms. The molecule has 3 nitrogen and oxygen atoms in total. The van der Waals surface area contributed by atoms with Gasteiger partial charge in [-0.2, -0.15) is 0 Å². The summed E-state index contributed by atoms with van der Waals surface area (Å²) in [4.78, 5) is 0. The second-order valence-corrected chi connectivity index (χ2v) is 14.7. The average molecular weight is 573 g/mol. The molecule has 0 bridgehead atoms. The van der Waals surface area contributed by atoms with Gasteiger partial charge in [0.05, 0.1) is 0 Å². The number of hydrogen-bond acceptors (Lipinski definition) is 3. The number of phenolic OH excluding ortho intramolecular Hbond substituents is 2. The van der Waals surface area contributed by atoms with Gasteiger partial charge in [0.25, 0.3) is 0 Å². The van der Waals surface area contributed by atoms with Crippen molar-refractivity contribution in [3.8, 4) is 11.5 Å². The van der Waals surface area contributed by atoms with Crippen molar-refractivity contribution in [3.05, 3.63) is 92.5 Å². The van der Waals surface area contributed by atoms with Gasteiger partial charge in [-0.1, -0.05) is 104 Å². The van der Waals surface area contributed by atoms with Crippen molar-refractivity contribution >= 4 is 0 Å². The first-order chi connectivity index (χ1) is 19.4. The van der Waals surface area contributed by atoms with Crippen LogP contribution in [-0.4, -0.2) is 21.9 Å². The van der Waals surface area contributed by atoms with E-state index in [1.807, 2.05) is 27.7 Å². The van der Waals surface area contributed by atoms with Gasteiger partial charge in [0.2, 0.25) is 0 Å². The summed E-state index contributed by atoms with van der Waals surface area (Å²) < 4.78 is 0. The summed E-state index contributed by atoms with van der Waals surface area (Å²) in [6.07, 6.45) is 3.20. The van der Waals surface area contributed by atoms with Crippen LogP contribution in [0, 0.1) is 39.5 Å². The van der Waals surface area contributed by atoms with Gasteiger partial charge in [0.15, 0.2) is 0 Å². The topological polar surface area (TPSA) is 60.7 Å². The molecule has 3 aromatic carbocycles. The molecule has 0 aromatic heterocycles. The number of benzene rings is 3. The van der Waals surface area contributed by atoms with Crippen LogP contribution in [0.3, 0.4) is 0 Å². The van der Waals surface area contributed by atoms with Crippen LogP contribution >= 0.6 is 0 Å².